The highest BCUT2D eigenvalue weighted by Gasteiger charge is 2.43. The summed E-state index contributed by atoms with van der Waals surface area (Å²) >= 11 is 0. The van der Waals surface area contributed by atoms with Crippen LogP contribution in [0.25, 0.3) is 5.57 Å². The number of hydrogen-bond donors (Lipinski definition) is 0. The first-order valence-corrected chi connectivity index (χ1v) is 11.1. The molecule has 0 bridgehead atoms. The average Bonchev–Trinajstić information content (AvgIpc) is 3.03. The second-order valence-electron chi connectivity index (χ2n) is 8.79. The Labute approximate surface area is 189 Å². The lowest BCUT2D eigenvalue weighted by Gasteiger charge is -2.29. The van der Waals surface area contributed by atoms with Gasteiger partial charge in [0.1, 0.15) is 11.4 Å². The molecule has 0 spiro atoms. The second kappa shape index (κ2) is 9.17. The van der Waals surface area contributed by atoms with Gasteiger partial charge in [-0.1, -0.05) is 37.6 Å². The van der Waals surface area contributed by atoms with Crippen molar-refractivity contribution in [1.82, 2.24) is 4.90 Å². The Morgan fingerprint density at radius 2 is 1.66 bits per heavy atom. The highest BCUT2D eigenvalue weighted by molar-refractivity contribution is 6.45. The lowest BCUT2D eigenvalue weighted by atomic mass is 9.97. The van der Waals surface area contributed by atoms with Crippen LogP contribution in [0.2, 0.25) is 0 Å². The number of ether oxygens (including phenoxy) is 2. The maximum atomic E-state index is 13.7. The maximum Gasteiger partial charge on any atom is 0.282 e. The van der Waals surface area contributed by atoms with Crippen LogP contribution < -0.4 is 9.64 Å². The number of nitrogens with zero attached hydrogens (tertiary/aromatic N) is 2. The number of imide groups is 1. The van der Waals surface area contributed by atoms with Gasteiger partial charge in [-0.05, 0) is 55.2 Å². The van der Waals surface area contributed by atoms with E-state index in [1.54, 1.807) is 12.1 Å². The van der Waals surface area contributed by atoms with Gasteiger partial charge in [-0.3, -0.25) is 9.59 Å². The van der Waals surface area contributed by atoms with Crippen LogP contribution in [0.15, 0.2) is 48.2 Å². The maximum absolute atomic E-state index is 13.7. The Balaban J connectivity index is 1.72. The molecular weight excluding hydrogens is 404 g/mol. The Hall–Kier alpha value is -3.12. The van der Waals surface area contributed by atoms with Crippen LogP contribution >= 0.6 is 0 Å². The summed E-state index contributed by atoms with van der Waals surface area (Å²) < 4.78 is 11.2. The molecule has 6 heteroatoms. The summed E-state index contributed by atoms with van der Waals surface area (Å²) in [5.41, 5.74) is 4.37. The number of rotatable bonds is 6. The van der Waals surface area contributed by atoms with E-state index in [-0.39, 0.29) is 11.8 Å². The Bertz CT molecular complexity index is 1050. The minimum atomic E-state index is -0.292. The molecule has 6 nitrogen and oxygen atoms in total. The molecule has 4 rings (SSSR count). The summed E-state index contributed by atoms with van der Waals surface area (Å²) in [4.78, 5) is 30.5. The summed E-state index contributed by atoms with van der Waals surface area (Å²) in [6, 6.07) is 13.1. The molecule has 168 valence electrons. The number of hydrogen-bond acceptors (Lipinski definition) is 5. The number of morpholine rings is 1. The van der Waals surface area contributed by atoms with Crippen molar-refractivity contribution in [2.75, 3.05) is 37.8 Å². The molecule has 0 saturated carbocycles. The molecule has 0 aromatic heterocycles. The average molecular weight is 435 g/mol. The van der Waals surface area contributed by atoms with Gasteiger partial charge in [-0.15, -0.1) is 0 Å². The minimum absolute atomic E-state index is 0.289. The third kappa shape index (κ3) is 4.28. The zero-order valence-corrected chi connectivity index (χ0v) is 19.2. The van der Waals surface area contributed by atoms with Gasteiger partial charge in [0.15, 0.2) is 0 Å². The van der Waals surface area contributed by atoms with Gasteiger partial charge < -0.3 is 14.4 Å². The number of benzene rings is 2. The van der Waals surface area contributed by atoms with E-state index in [1.807, 2.05) is 49.1 Å². The van der Waals surface area contributed by atoms with Gasteiger partial charge in [0, 0.05) is 13.1 Å². The van der Waals surface area contributed by atoms with Crippen molar-refractivity contribution in [2.24, 2.45) is 5.92 Å². The fourth-order valence-corrected chi connectivity index (χ4v) is 4.12. The van der Waals surface area contributed by atoms with Gasteiger partial charge in [-0.25, -0.2) is 4.90 Å². The first-order valence-electron chi connectivity index (χ1n) is 11.1. The smallest absolute Gasteiger partial charge is 0.282 e. The molecule has 2 heterocycles. The predicted octanol–water partition coefficient (Wildman–Crippen LogP) is 3.95. The summed E-state index contributed by atoms with van der Waals surface area (Å²) in [6.45, 7) is 11.0. The Kier molecular flexibility index (Phi) is 6.33. The van der Waals surface area contributed by atoms with Crippen LogP contribution in [0.1, 0.15) is 30.5 Å². The van der Waals surface area contributed by atoms with E-state index < -0.39 is 0 Å². The molecule has 0 unspecified atom stereocenters. The number of carbonyl (C=O) groups is 2. The van der Waals surface area contributed by atoms with Crippen LogP contribution in [0.5, 0.6) is 5.75 Å². The molecule has 0 N–H and O–H groups in total. The van der Waals surface area contributed by atoms with E-state index in [2.05, 4.69) is 13.8 Å². The van der Waals surface area contributed by atoms with E-state index in [9.17, 15) is 9.59 Å². The van der Waals surface area contributed by atoms with Crippen molar-refractivity contribution in [3.8, 4) is 5.75 Å². The zero-order chi connectivity index (χ0) is 22.8. The van der Waals surface area contributed by atoms with Crippen LogP contribution in [0.3, 0.4) is 0 Å². The molecule has 2 aromatic carbocycles. The quantitative estimate of drug-likeness (QED) is 0.645. The lowest BCUT2D eigenvalue weighted by molar-refractivity contribution is -0.121. The molecular formula is C26H30N2O4. The molecule has 2 amide bonds. The third-order valence-electron chi connectivity index (χ3n) is 5.72. The summed E-state index contributed by atoms with van der Waals surface area (Å²) in [7, 11) is 0. The van der Waals surface area contributed by atoms with Gasteiger partial charge in [0.05, 0.1) is 31.1 Å². The fourth-order valence-electron chi connectivity index (χ4n) is 4.12. The van der Waals surface area contributed by atoms with E-state index in [0.29, 0.717) is 55.8 Å². The molecule has 32 heavy (non-hydrogen) atoms. The summed E-state index contributed by atoms with van der Waals surface area (Å²) in [5.74, 6) is 0.552. The van der Waals surface area contributed by atoms with Gasteiger partial charge in [0.25, 0.3) is 11.8 Å². The van der Waals surface area contributed by atoms with E-state index in [4.69, 9.17) is 9.47 Å². The SMILES string of the molecule is Cc1ccc(C2=C(N3CCOCC3)C(=O)N(c3ccc(OCC(C)C)cc3)C2=O)c(C)c1. The molecule has 0 radical (unpaired) electrons. The molecule has 1 fully saturated rings. The van der Waals surface area contributed by atoms with Crippen LogP contribution in [0, 0.1) is 19.8 Å². The van der Waals surface area contributed by atoms with Crippen LogP contribution in [-0.4, -0.2) is 49.6 Å². The fraction of sp³-hybridized carbons (Fsp3) is 0.385. The van der Waals surface area contributed by atoms with Crippen molar-refractivity contribution in [3.63, 3.8) is 0 Å². The molecule has 2 aliphatic rings. The predicted molar refractivity (Wildman–Crippen MR) is 124 cm³/mol. The normalized spacial score (nSPS) is 17.0. The molecule has 2 aromatic rings. The summed E-state index contributed by atoms with van der Waals surface area (Å²) in [5, 5.41) is 0. The van der Waals surface area contributed by atoms with E-state index >= 15 is 0 Å². The van der Waals surface area contributed by atoms with Gasteiger partial charge in [-0.2, -0.15) is 0 Å². The zero-order valence-electron chi connectivity index (χ0n) is 19.2. The largest absolute Gasteiger partial charge is 0.493 e. The van der Waals surface area contributed by atoms with Crippen molar-refractivity contribution >= 4 is 23.1 Å². The standard InChI is InChI=1S/C26H30N2O4/c1-17(2)16-32-21-8-6-20(7-9-21)28-25(29)23(22-10-5-18(3)15-19(22)4)24(26(28)30)27-11-13-31-14-12-27/h5-10,15,17H,11-14,16H2,1-4H3. The van der Waals surface area contributed by atoms with Crippen molar-refractivity contribution in [1.29, 1.82) is 0 Å². The van der Waals surface area contributed by atoms with Gasteiger partial charge >= 0.3 is 0 Å². The first kappa shape index (κ1) is 22.1. The van der Waals surface area contributed by atoms with Crippen molar-refractivity contribution in [3.05, 3.63) is 64.9 Å². The lowest BCUT2D eigenvalue weighted by Crippen LogP contribution is -2.40. The van der Waals surface area contributed by atoms with Crippen molar-refractivity contribution < 1.29 is 19.1 Å². The third-order valence-corrected chi connectivity index (χ3v) is 5.72. The Morgan fingerprint density at radius 1 is 0.969 bits per heavy atom. The molecule has 2 aliphatic heterocycles. The minimum Gasteiger partial charge on any atom is -0.493 e. The van der Waals surface area contributed by atoms with E-state index in [0.717, 1.165) is 22.4 Å². The highest BCUT2D eigenvalue weighted by atomic mass is 16.5. The van der Waals surface area contributed by atoms with Gasteiger partial charge in [0.2, 0.25) is 0 Å². The topological polar surface area (TPSA) is 59.1 Å². The monoisotopic (exact) mass is 434 g/mol. The number of carbonyl (C=O) groups excluding carboxylic acids is 2. The van der Waals surface area contributed by atoms with E-state index in [1.165, 1.54) is 4.90 Å². The number of anilines is 1. The van der Waals surface area contributed by atoms with Crippen LogP contribution in [-0.2, 0) is 14.3 Å². The molecule has 1 saturated heterocycles. The molecule has 0 aliphatic carbocycles. The second-order valence-corrected chi connectivity index (χ2v) is 8.79. The van der Waals surface area contributed by atoms with Crippen LogP contribution in [0.4, 0.5) is 5.69 Å². The number of aryl methyl sites for hydroxylation is 2. The van der Waals surface area contributed by atoms with Crippen molar-refractivity contribution in [2.45, 2.75) is 27.7 Å². The number of amides is 2. The Morgan fingerprint density at radius 3 is 2.28 bits per heavy atom. The first-order chi connectivity index (χ1) is 15.4. The summed E-state index contributed by atoms with van der Waals surface area (Å²) in [6.07, 6.45) is 0. The molecule has 0 atom stereocenters. The highest BCUT2D eigenvalue weighted by Crippen LogP contribution is 2.37.